The number of hydrogen-bond acceptors (Lipinski definition) is 4. The highest BCUT2D eigenvalue weighted by atomic mass is 16.6. The average molecular weight is 313 g/mol. The number of imidazole rings is 1. The van der Waals surface area contributed by atoms with Gasteiger partial charge in [0.25, 0.3) is 0 Å². The molecular weight excluding hydrogens is 290 g/mol. The van der Waals surface area contributed by atoms with Crippen molar-refractivity contribution < 1.29 is 9.47 Å². The number of hydrogen-bond donors (Lipinski definition) is 1. The van der Waals surface area contributed by atoms with Gasteiger partial charge in [0, 0.05) is 31.0 Å². The summed E-state index contributed by atoms with van der Waals surface area (Å²) in [5.74, 6) is 1.75. The zero-order chi connectivity index (χ0) is 15.5. The molecule has 0 spiro atoms. The maximum absolute atomic E-state index is 5.77. The van der Waals surface area contributed by atoms with E-state index in [0.29, 0.717) is 13.2 Å². The van der Waals surface area contributed by atoms with E-state index in [0.717, 1.165) is 24.6 Å². The lowest BCUT2D eigenvalue weighted by atomic mass is 9.87. The van der Waals surface area contributed by atoms with Crippen LogP contribution in [-0.2, 0) is 12.1 Å². The molecule has 1 aromatic heterocycles. The van der Waals surface area contributed by atoms with E-state index in [1.807, 2.05) is 18.7 Å². The largest absolute Gasteiger partial charge is 0.486 e. The van der Waals surface area contributed by atoms with Crippen molar-refractivity contribution in [1.29, 1.82) is 0 Å². The molecule has 0 amide bonds. The van der Waals surface area contributed by atoms with Crippen molar-refractivity contribution in [2.24, 2.45) is 0 Å². The molecule has 5 nitrogen and oxygen atoms in total. The Bertz CT molecular complexity index is 648. The standard InChI is InChI=1S/C18H23N3O2/c1-2-6-18(5-1,20-8-10-21-9-7-19-14-21)15-3-4-16-17(13-15)23-12-11-22-16/h3-4,7,9,13-14,20H,1-2,5-6,8,10-12H2. The van der Waals surface area contributed by atoms with Gasteiger partial charge in [-0.15, -0.1) is 0 Å². The molecule has 0 bridgehead atoms. The highest BCUT2D eigenvalue weighted by molar-refractivity contribution is 5.46. The minimum atomic E-state index is 0.0659. The van der Waals surface area contributed by atoms with Gasteiger partial charge < -0.3 is 19.4 Å². The summed E-state index contributed by atoms with van der Waals surface area (Å²) in [4.78, 5) is 4.10. The zero-order valence-corrected chi connectivity index (χ0v) is 13.3. The van der Waals surface area contributed by atoms with Crippen LogP contribution in [0, 0.1) is 0 Å². The molecule has 23 heavy (non-hydrogen) atoms. The Balaban J connectivity index is 1.52. The van der Waals surface area contributed by atoms with Crippen LogP contribution in [0.4, 0.5) is 0 Å². The van der Waals surface area contributed by atoms with Crippen LogP contribution in [0.3, 0.4) is 0 Å². The third-order valence-corrected chi connectivity index (χ3v) is 4.94. The molecule has 1 aliphatic carbocycles. The number of aromatic nitrogens is 2. The van der Waals surface area contributed by atoms with Gasteiger partial charge in [-0.3, -0.25) is 0 Å². The SMILES string of the molecule is c1cn(CCNC2(c3ccc4c(c3)OCCO4)CCCC2)cn1. The van der Waals surface area contributed by atoms with Crippen LogP contribution < -0.4 is 14.8 Å². The highest BCUT2D eigenvalue weighted by Gasteiger charge is 2.35. The number of nitrogens with one attached hydrogen (secondary N) is 1. The van der Waals surface area contributed by atoms with Crippen LogP contribution in [0.2, 0.25) is 0 Å². The van der Waals surface area contributed by atoms with Crippen LogP contribution in [-0.4, -0.2) is 29.3 Å². The monoisotopic (exact) mass is 313 g/mol. The summed E-state index contributed by atoms with van der Waals surface area (Å²) < 4.78 is 13.5. The highest BCUT2D eigenvalue weighted by Crippen LogP contribution is 2.42. The number of fused-ring (bicyclic) bond motifs is 1. The van der Waals surface area contributed by atoms with Gasteiger partial charge in [0.2, 0.25) is 0 Å². The van der Waals surface area contributed by atoms with Crippen molar-refractivity contribution in [3.05, 3.63) is 42.5 Å². The summed E-state index contributed by atoms with van der Waals surface area (Å²) in [7, 11) is 0. The van der Waals surface area contributed by atoms with Gasteiger partial charge in [-0.1, -0.05) is 18.9 Å². The second kappa shape index (κ2) is 6.24. The molecule has 2 heterocycles. The predicted molar refractivity (Wildman–Crippen MR) is 87.8 cm³/mol. The zero-order valence-electron chi connectivity index (χ0n) is 13.3. The fraction of sp³-hybridized carbons (Fsp3) is 0.500. The number of ether oxygens (including phenoxy) is 2. The van der Waals surface area contributed by atoms with Crippen molar-refractivity contribution in [2.75, 3.05) is 19.8 Å². The van der Waals surface area contributed by atoms with Crippen molar-refractivity contribution >= 4 is 0 Å². The van der Waals surface area contributed by atoms with Gasteiger partial charge in [0.15, 0.2) is 11.5 Å². The quantitative estimate of drug-likeness (QED) is 0.922. The lowest BCUT2D eigenvalue weighted by Gasteiger charge is -2.32. The van der Waals surface area contributed by atoms with Crippen molar-refractivity contribution in [3.8, 4) is 11.5 Å². The van der Waals surface area contributed by atoms with Crippen LogP contribution in [0.15, 0.2) is 36.9 Å². The third kappa shape index (κ3) is 2.93. The Labute approximate surface area is 136 Å². The molecule has 1 N–H and O–H groups in total. The molecule has 0 unspecified atom stereocenters. The maximum Gasteiger partial charge on any atom is 0.161 e. The second-order valence-corrected chi connectivity index (χ2v) is 6.37. The first kappa shape index (κ1) is 14.6. The van der Waals surface area contributed by atoms with Crippen molar-refractivity contribution in [2.45, 2.75) is 37.8 Å². The first-order chi connectivity index (χ1) is 11.4. The molecule has 0 saturated heterocycles. The topological polar surface area (TPSA) is 48.3 Å². The number of benzene rings is 1. The molecule has 2 aromatic rings. The Morgan fingerprint density at radius 2 is 1.96 bits per heavy atom. The Hall–Kier alpha value is -2.01. The lowest BCUT2D eigenvalue weighted by molar-refractivity contribution is 0.170. The maximum atomic E-state index is 5.77. The number of nitrogens with zero attached hydrogens (tertiary/aromatic N) is 2. The summed E-state index contributed by atoms with van der Waals surface area (Å²) in [6.07, 6.45) is 10.6. The first-order valence-electron chi connectivity index (χ1n) is 8.47. The fourth-order valence-corrected chi connectivity index (χ4v) is 3.73. The van der Waals surface area contributed by atoms with E-state index in [2.05, 4.69) is 33.1 Å². The van der Waals surface area contributed by atoms with E-state index >= 15 is 0 Å². The van der Waals surface area contributed by atoms with Crippen LogP contribution >= 0.6 is 0 Å². The van der Waals surface area contributed by atoms with E-state index in [1.54, 1.807) is 0 Å². The van der Waals surface area contributed by atoms with E-state index in [1.165, 1.54) is 31.2 Å². The molecule has 1 aromatic carbocycles. The van der Waals surface area contributed by atoms with Gasteiger partial charge >= 0.3 is 0 Å². The van der Waals surface area contributed by atoms with Crippen LogP contribution in [0.1, 0.15) is 31.2 Å². The van der Waals surface area contributed by atoms with Gasteiger partial charge in [-0.05, 0) is 30.5 Å². The molecule has 2 aliphatic rings. The summed E-state index contributed by atoms with van der Waals surface area (Å²) >= 11 is 0. The van der Waals surface area contributed by atoms with Crippen LogP contribution in [0.25, 0.3) is 0 Å². The fourth-order valence-electron chi connectivity index (χ4n) is 3.73. The smallest absolute Gasteiger partial charge is 0.161 e. The van der Waals surface area contributed by atoms with E-state index in [-0.39, 0.29) is 5.54 Å². The Kier molecular flexibility index (Phi) is 3.95. The van der Waals surface area contributed by atoms with E-state index in [9.17, 15) is 0 Å². The van der Waals surface area contributed by atoms with Crippen LogP contribution in [0.5, 0.6) is 11.5 Å². The molecular formula is C18H23N3O2. The summed E-state index contributed by atoms with van der Waals surface area (Å²) in [6.45, 7) is 3.15. The number of rotatable bonds is 5. The Morgan fingerprint density at radius 3 is 2.74 bits per heavy atom. The summed E-state index contributed by atoms with van der Waals surface area (Å²) in [5, 5.41) is 3.81. The molecule has 1 saturated carbocycles. The average Bonchev–Trinajstić information content (AvgIpc) is 3.27. The first-order valence-corrected chi connectivity index (χ1v) is 8.47. The summed E-state index contributed by atoms with van der Waals surface area (Å²) in [6, 6.07) is 6.43. The van der Waals surface area contributed by atoms with E-state index < -0.39 is 0 Å². The Morgan fingerprint density at radius 1 is 1.13 bits per heavy atom. The summed E-state index contributed by atoms with van der Waals surface area (Å²) in [5.41, 5.74) is 1.39. The molecule has 4 rings (SSSR count). The van der Waals surface area contributed by atoms with Gasteiger partial charge in [0.1, 0.15) is 13.2 Å². The minimum absolute atomic E-state index is 0.0659. The normalized spacial score (nSPS) is 19.0. The molecule has 1 aliphatic heterocycles. The molecule has 122 valence electrons. The lowest BCUT2D eigenvalue weighted by Crippen LogP contribution is -2.41. The minimum Gasteiger partial charge on any atom is -0.486 e. The second-order valence-electron chi connectivity index (χ2n) is 6.37. The van der Waals surface area contributed by atoms with Gasteiger partial charge in [0.05, 0.1) is 6.33 Å². The van der Waals surface area contributed by atoms with Gasteiger partial charge in [-0.2, -0.15) is 0 Å². The molecule has 0 atom stereocenters. The third-order valence-electron chi connectivity index (χ3n) is 4.94. The van der Waals surface area contributed by atoms with E-state index in [4.69, 9.17) is 9.47 Å². The molecule has 1 fully saturated rings. The molecule has 5 heteroatoms. The van der Waals surface area contributed by atoms with Crippen molar-refractivity contribution in [3.63, 3.8) is 0 Å². The predicted octanol–water partition coefficient (Wildman–Crippen LogP) is 2.71. The van der Waals surface area contributed by atoms with Gasteiger partial charge in [-0.25, -0.2) is 4.98 Å². The van der Waals surface area contributed by atoms with Crippen molar-refractivity contribution in [1.82, 2.24) is 14.9 Å². The molecule has 0 radical (unpaired) electrons.